The fourth-order valence-corrected chi connectivity index (χ4v) is 3.04. The van der Waals surface area contributed by atoms with Crippen LogP contribution in [0.3, 0.4) is 0 Å². The second kappa shape index (κ2) is 5.37. The molecule has 0 saturated heterocycles. The highest BCUT2D eigenvalue weighted by atomic mass is 19.1. The third-order valence-electron chi connectivity index (χ3n) is 4.20. The van der Waals surface area contributed by atoms with Crippen LogP contribution in [-0.2, 0) is 10.2 Å². The van der Waals surface area contributed by atoms with Crippen molar-refractivity contribution in [3.05, 3.63) is 83.4 Å². The molecule has 2 aromatic rings. The van der Waals surface area contributed by atoms with Crippen molar-refractivity contribution in [1.82, 2.24) is 0 Å². The SMILES string of the molecule is O=C(O)/C=C\[C@H]1CC1(c1ccc(F)cc1)c1ccc(F)cc1. The number of halogens is 2. The summed E-state index contributed by atoms with van der Waals surface area (Å²) in [6.07, 6.45) is 3.49. The molecule has 3 rings (SSSR count). The lowest BCUT2D eigenvalue weighted by molar-refractivity contribution is -0.131. The summed E-state index contributed by atoms with van der Waals surface area (Å²) in [7, 11) is 0. The smallest absolute Gasteiger partial charge is 0.327 e. The minimum Gasteiger partial charge on any atom is -0.478 e. The summed E-state index contributed by atoms with van der Waals surface area (Å²) < 4.78 is 26.3. The third kappa shape index (κ3) is 2.52. The van der Waals surface area contributed by atoms with Gasteiger partial charge in [-0.3, -0.25) is 0 Å². The summed E-state index contributed by atoms with van der Waals surface area (Å²) in [6.45, 7) is 0. The predicted octanol–water partition coefficient (Wildman–Crippen LogP) is 3.91. The van der Waals surface area contributed by atoms with Crippen LogP contribution in [0, 0.1) is 17.6 Å². The zero-order chi connectivity index (χ0) is 15.7. The van der Waals surface area contributed by atoms with Gasteiger partial charge in [0.2, 0.25) is 0 Å². The molecular formula is C18H14F2O2. The van der Waals surface area contributed by atoms with Crippen LogP contribution < -0.4 is 0 Å². The largest absolute Gasteiger partial charge is 0.478 e. The Morgan fingerprint density at radius 2 is 1.45 bits per heavy atom. The van der Waals surface area contributed by atoms with Gasteiger partial charge < -0.3 is 5.11 Å². The topological polar surface area (TPSA) is 37.3 Å². The molecule has 0 bridgehead atoms. The number of allylic oxidation sites excluding steroid dienone is 1. The Kier molecular flexibility index (Phi) is 3.53. The second-order valence-corrected chi connectivity index (χ2v) is 5.49. The molecular weight excluding hydrogens is 286 g/mol. The Morgan fingerprint density at radius 1 is 1.00 bits per heavy atom. The zero-order valence-corrected chi connectivity index (χ0v) is 11.7. The Labute approximate surface area is 126 Å². The summed E-state index contributed by atoms with van der Waals surface area (Å²) in [5.74, 6) is -1.65. The lowest BCUT2D eigenvalue weighted by atomic mass is 9.85. The van der Waals surface area contributed by atoms with E-state index in [-0.39, 0.29) is 17.6 Å². The van der Waals surface area contributed by atoms with E-state index < -0.39 is 11.4 Å². The van der Waals surface area contributed by atoms with Crippen molar-refractivity contribution in [2.24, 2.45) is 5.92 Å². The molecule has 112 valence electrons. The van der Waals surface area contributed by atoms with Gasteiger partial charge in [0.05, 0.1) is 0 Å². The molecule has 0 amide bonds. The van der Waals surface area contributed by atoms with Crippen LogP contribution in [0.25, 0.3) is 0 Å². The number of carboxylic acids is 1. The third-order valence-corrected chi connectivity index (χ3v) is 4.20. The first-order valence-electron chi connectivity index (χ1n) is 6.95. The van der Waals surface area contributed by atoms with Crippen LogP contribution in [0.15, 0.2) is 60.7 Å². The fourth-order valence-electron chi connectivity index (χ4n) is 3.04. The molecule has 2 aromatic carbocycles. The maximum Gasteiger partial charge on any atom is 0.327 e. The van der Waals surface area contributed by atoms with Crippen molar-refractivity contribution < 1.29 is 18.7 Å². The maximum absolute atomic E-state index is 13.2. The highest BCUT2D eigenvalue weighted by Crippen LogP contribution is 2.59. The molecule has 1 aliphatic carbocycles. The van der Waals surface area contributed by atoms with Gasteiger partial charge >= 0.3 is 5.97 Å². The lowest BCUT2D eigenvalue weighted by Gasteiger charge is -2.18. The quantitative estimate of drug-likeness (QED) is 0.869. The van der Waals surface area contributed by atoms with E-state index in [1.807, 2.05) is 0 Å². The summed E-state index contributed by atoms with van der Waals surface area (Å²) in [5.41, 5.74) is 1.40. The average molecular weight is 300 g/mol. The van der Waals surface area contributed by atoms with E-state index in [0.29, 0.717) is 6.42 Å². The van der Waals surface area contributed by atoms with E-state index in [9.17, 15) is 13.6 Å². The van der Waals surface area contributed by atoms with Crippen molar-refractivity contribution in [2.75, 3.05) is 0 Å². The number of hydrogen-bond acceptors (Lipinski definition) is 1. The minimum atomic E-state index is -1.00. The predicted molar refractivity (Wildman–Crippen MR) is 78.5 cm³/mol. The molecule has 0 unspecified atom stereocenters. The van der Waals surface area contributed by atoms with E-state index in [1.54, 1.807) is 30.3 Å². The number of hydrogen-bond donors (Lipinski definition) is 1. The van der Waals surface area contributed by atoms with Crippen molar-refractivity contribution >= 4 is 5.97 Å². The zero-order valence-electron chi connectivity index (χ0n) is 11.7. The van der Waals surface area contributed by atoms with Crippen molar-refractivity contribution in [3.8, 4) is 0 Å². The fraction of sp³-hybridized carbons (Fsp3) is 0.167. The molecule has 1 N–H and O–H groups in total. The molecule has 4 heteroatoms. The van der Waals surface area contributed by atoms with Crippen LogP contribution in [0.2, 0.25) is 0 Å². The van der Waals surface area contributed by atoms with Gasteiger partial charge in [-0.2, -0.15) is 0 Å². The molecule has 1 saturated carbocycles. The summed E-state index contributed by atoms with van der Waals surface area (Å²) in [5, 5.41) is 8.79. The van der Waals surface area contributed by atoms with E-state index in [2.05, 4.69) is 0 Å². The van der Waals surface area contributed by atoms with Crippen molar-refractivity contribution in [2.45, 2.75) is 11.8 Å². The Hall–Kier alpha value is -2.49. The minimum absolute atomic E-state index is 0.000442. The van der Waals surface area contributed by atoms with E-state index in [1.165, 1.54) is 24.3 Å². The normalized spacial score (nSPS) is 19.3. The summed E-state index contributed by atoms with van der Waals surface area (Å²) in [4.78, 5) is 10.7. The molecule has 1 aliphatic rings. The molecule has 1 atom stereocenters. The van der Waals surface area contributed by atoms with E-state index in [4.69, 9.17) is 5.11 Å². The first kappa shape index (κ1) is 14.4. The van der Waals surface area contributed by atoms with Gasteiger partial charge in [0.25, 0.3) is 0 Å². The molecule has 1 fully saturated rings. The van der Waals surface area contributed by atoms with Gasteiger partial charge in [0.1, 0.15) is 11.6 Å². The molecule has 0 aliphatic heterocycles. The van der Waals surface area contributed by atoms with Gasteiger partial charge in [-0.25, -0.2) is 13.6 Å². The van der Waals surface area contributed by atoms with Gasteiger partial charge in [-0.1, -0.05) is 30.3 Å². The molecule has 22 heavy (non-hydrogen) atoms. The molecule has 0 spiro atoms. The number of rotatable bonds is 4. The highest BCUT2D eigenvalue weighted by Gasteiger charge is 2.55. The van der Waals surface area contributed by atoms with E-state index in [0.717, 1.165) is 17.2 Å². The standard InChI is InChI=1S/C18H14F2O2/c19-15-6-1-12(2-7-15)18(11-14(18)5-10-17(21)22)13-3-8-16(20)9-4-13/h1-10,14H,11H2,(H,21,22)/b10-5-/t14-/m0/s1. The van der Waals surface area contributed by atoms with Crippen LogP contribution in [0.4, 0.5) is 8.78 Å². The number of benzene rings is 2. The Balaban J connectivity index is 2.02. The first-order chi connectivity index (χ1) is 10.5. The highest BCUT2D eigenvalue weighted by molar-refractivity contribution is 5.80. The number of aliphatic carboxylic acids is 1. The Morgan fingerprint density at radius 3 is 1.86 bits per heavy atom. The average Bonchev–Trinajstić information content (AvgIpc) is 3.22. The van der Waals surface area contributed by atoms with Crippen LogP contribution in [0.1, 0.15) is 17.5 Å². The lowest BCUT2D eigenvalue weighted by Crippen LogP contribution is -2.12. The first-order valence-corrected chi connectivity index (χ1v) is 6.95. The van der Waals surface area contributed by atoms with Crippen molar-refractivity contribution in [3.63, 3.8) is 0 Å². The van der Waals surface area contributed by atoms with Crippen LogP contribution >= 0.6 is 0 Å². The molecule has 0 aromatic heterocycles. The number of carbonyl (C=O) groups is 1. The summed E-state index contributed by atoms with van der Waals surface area (Å²) in [6, 6.07) is 12.3. The monoisotopic (exact) mass is 300 g/mol. The molecule has 2 nitrogen and oxygen atoms in total. The second-order valence-electron chi connectivity index (χ2n) is 5.49. The van der Waals surface area contributed by atoms with Crippen LogP contribution in [0.5, 0.6) is 0 Å². The molecule has 0 radical (unpaired) electrons. The molecule has 0 heterocycles. The summed E-state index contributed by atoms with van der Waals surface area (Å²) >= 11 is 0. The van der Waals surface area contributed by atoms with Gasteiger partial charge in [-0.15, -0.1) is 0 Å². The number of carboxylic acid groups (broad SMARTS) is 1. The maximum atomic E-state index is 13.2. The van der Waals surface area contributed by atoms with Gasteiger partial charge in [0.15, 0.2) is 0 Å². The van der Waals surface area contributed by atoms with Crippen molar-refractivity contribution in [1.29, 1.82) is 0 Å². The van der Waals surface area contributed by atoms with Crippen LogP contribution in [-0.4, -0.2) is 11.1 Å². The van der Waals surface area contributed by atoms with Gasteiger partial charge in [0, 0.05) is 11.5 Å². The van der Waals surface area contributed by atoms with Gasteiger partial charge in [-0.05, 0) is 47.7 Å². The van der Waals surface area contributed by atoms with E-state index >= 15 is 0 Å². The Bertz CT molecular complexity index is 672.